The minimum absolute atomic E-state index is 0.0663. The molecule has 0 bridgehead atoms. The van der Waals surface area contributed by atoms with Gasteiger partial charge in [0.1, 0.15) is 46.9 Å². The Labute approximate surface area is 241 Å². The second kappa shape index (κ2) is 12.5. The highest BCUT2D eigenvalue weighted by atomic mass is 16.5. The molecule has 0 saturated heterocycles. The zero-order chi connectivity index (χ0) is 29.5. The average molecular weight is 563 g/mol. The van der Waals surface area contributed by atoms with E-state index in [0.29, 0.717) is 45.7 Å². The van der Waals surface area contributed by atoms with E-state index in [4.69, 9.17) is 18.6 Å². The lowest BCUT2D eigenvalue weighted by atomic mass is 10.1. The average Bonchev–Trinajstić information content (AvgIpc) is 3.40. The van der Waals surface area contributed by atoms with Crippen LogP contribution in [0.3, 0.4) is 0 Å². The number of hydrogen-bond donors (Lipinski definition) is 2. The van der Waals surface area contributed by atoms with E-state index in [0.717, 1.165) is 5.56 Å². The van der Waals surface area contributed by atoms with Gasteiger partial charge in [-0.25, -0.2) is 15.4 Å². The van der Waals surface area contributed by atoms with Gasteiger partial charge in [0.15, 0.2) is 0 Å². The van der Waals surface area contributed by atoms with Crippen LogP contribution in [0.2, 0.25) is 0 Å². The lowest BCUT2D eigenvalue weighted by Crippen LogP contribution is -2.16. The lowest BCUT2D eigenvalue weighted by molar-refractivity contribution is 0.299. The van der Waals surface area contributed by atoms with E-state index < -0.39 is 5.56 Å². The fourth-order valence-electron chi connectivity index (χ4n) is 4.06. The number of nitrogens with zero attached hydrogens (tertiary/aromatic N) is 4. The Morgan fingerprint density at radius 3 is 2.50 bits per heavy atom. The molecule has 0 unspecified atom stereocenters. The third-order valence-corrected chi connectivity index (χ3v) is 6.25. The highest BCUT2D eigenvalue weighted by Crippen LogP contribution is 2.34. The number of nitrogens with one attached hydrogen (secondary N) is 2. The van der Waals surface area contributed by atoms with Crippen molar-refractivity contribution in [2.45, 2.75) is 13.5 Å². The number of aryl methyl sites for hydroxylation is 1. The molecule has 5 rings (SSSR count). The van der Waals surface area contributed by atoms with Gasteiger partial charge in [0.2, 0.25) is 11.8 Å². The molecule has 0 radical (unpaired) electrons. The molecule has 3 aromatic carbocycles. The van der Waals surface area contributed by atoms with Crippen molar-refractivity contribution in [1.82, 2.24) is 15.0 Å². The van der Waals surface area contributed by atoms with E-state index in [1.54, 1.807) is 62.9 Å². The summed E-state index contributed by atoms with van der Waals surface area (Å²) >= 11 is 0. The van der Waals surface area contributed by atoms with Gasteiger partial charge in [-0.05, 0) is 55.0 Å². The number of H-pyrrole nitrogens is 1. The monoisotopic (exact) mass is 562 g/mol. The quantitative estimate of drug-likeness (QED) is 0.171. The van der Waals surface area contributed by atoms with Gasteiger partial charge in [0.05, 0.1) is 31.7 Å². The first-order valence-electron chi connectivity index (χ1n) is 12.8. The van der Waals surface area contributed by atoms with Crippen LogP contribution in [0.15, 0.2) is 87.1 Å². The van der Waals surface area contributed by atoms with Crippen molar-refractivity contribution in [1.29, 1.82) is 5.26 Å². The number of methoxy groups -OCH3 is 2. The first kappa shape index (κ1) is 27.7. The summed E-state index contributed by atoms with van der Waals surface area (Å²) < 4.78 is 22.6. The topological polar surface area (TPSA) is 148 Å². The zero-order valence-corrected chi connectivity index (χ0v) is 23.0. The second-order valence-electron chi connectivity index (χ2n) is 8.93. The molecule has 5 aromatic rings. The van der Waals surface area contributed by atoms with Crippen molar-refractivity contribution in [2.75, 3.05) is 19.6 Å². The SMILES string of the molecule is COc1ccc(OC)c(-c2nc(COc3ccc(C=NNc4nc(-c5ccccc5)c(C#N)c(=O)[nH]4)cc3)c(C)o2)c1. The number of rotatable bonds is 10. The van der Waals surface area contributed by atoms with Crippen molar-refractivity contribution in [3.05, 3.63) is 106 Å². The Hall–Kier alpha value is -5.89. The highest BCUT2D eigenvalue weighted by molar-refractivity contribution is 5.80. The lowest BCUT2D eigenvalue weighted by Gasteiger charge is -2.07. The van der Waals surface area contributed by atoms with E-state index in [9.17, 15) is 10.1 Å². The van der Waals surface area contributed by atoms with Gasteiger partial charge in [-0.3, -0.25) is 9.78 Å². The summed E-state index contributed by atoms with van der Waals surface area (Å²) in [5, 5.41) is 13.6. The minimum atomic E-state index is -0.553. The van der Waals surface area contributed by atoms with Gasteiger partial charge in [0.25, 0.3) is 5.56 Å². The second-order valence-corrected chi connectivity index (χ2v) is 8.93. The zero-order valence-electron chi connectivity index (χ0n) is 23.0. The molecule has 210 valence electrons. The minimum Gasteiger partial charge on any atom is -0.497 e. The number of hydrazone groups is 1. The number of benzene rings is 3. The number of aromatic amines is 1. The van der Waals surface area contributed by atoms with Gasteiger partial charge in [-0.1, -0.05) is 30.3 Å². The summed E-state index contributed by atoms with van der Waals surface area (Å²) in [4.78, 5) is 23.9. The van der Waals surface area contributed by atoms with E-state index in [-0.39, 0.29) is 23.8 Å². The third kappa shape index (κ3) is 6.13. The molecule has 0 aliphatic heterocycles. The molecule has 42 heavy (non-hydrogen) atoms. The normalized spacial score (nSPS) is 10.8. The van der Waals surface area contributed by atoms with Crippen LogP contribution in [0, 0.1) is 18.3 Å². The number of anilines is 1. The molecule has 2 heterocycles. The summed E-state index contributed by atoms with van der Waals surface area (Å²) in [5.41, 5.74) is 5.14. The number of aromatic nitrogens is 3. The van der Waals surface area contributed by atoms with Gasteiger partial charge in [-0.2, -0.15) is 10.4 Å². The molecule has 0 atom stereocenters. The Balaban J connectivity index is 1.23. The standard InChI is InChI=1S/C31H26N6O5/c1-19-26(34-30(42-19)24-15-23(39-2)13-14-27(24)40-3)18-41-22-11-9-20(10-12-22)17-33-37-31-35-28(21-7-5-4-6-8-21)25(16-32)29(38)36-31/h4-15,17H,18H2,1-3H3,(H2,35,36,37,38). The van der Waals surface area contributed by atoms with Crippen LogP contribution in [0.1, 0.15) is 22.6 Å². The van der Waals surface area contributed by atoms with E-state index >= 15 is 0 Å². The number of hydrogen-bond acceptors (Lipinski definition) is 10. The van der Waals surface area contributed by atoms with Crippen molar-refractivity contribution >= 4 is 12.2 Å². The summed E-state index contributed by atoms with van der Waals surface area (Å²) in [6, 6.07) is 23.6. The largest absolute Gasteiger partial charge is 0.497 e. The molecule has 0 spiro atoms. The Morgan fingerprint density at radius 2 is 1.79 bits per heavy atom. The van der Waals surface area contributed by atoms with E-state index in [2.05, 4.69) is 25.5 Å². The molecule has 0 saturated carbocycles. The van der Waals surface area contributed by atoms with Gasteiger partial charge in [-0.15, -0.1) is 0 Å². The maximum atomic E-state index is 12.4. The van der Waals surface area contributed by atoms with Crippen LogP contribution in [0.5, 0.6) is 17.2 Å². The fourth-order valence-corrected chi connectivity index (χ4v) is 4.06. The van der Waals surface area contributed by atoms with Crippen LogP contribution >= 0.6 is 0 Å². The smallest absolute Gasteiger partial charge is 0.270 e. The molecular weight excluding hydrogens is 536 g/mol. The Bertz CT molecular complexity index is 1820. The number of nitriles is 1. The molecule has 0 aliphatic rings. The number of ether oxygens (including phenoxy) is 3. The fraction of sp³-hybridized carbons (Fsp3) is 0.129. The molecule has 11 nitrogen and oxygen atoms in total. The summed E-state index contributed by atoms with van der Waals surface area (Å²) in [5.74, 6) is 3.08. The van der Waals surface area contributed by atoms with Crippen LogP contribution in [-0.2, 0) is 6.61 Å². The van der Waals surface area contributed by atoms with Crippen LogP contribution < -0.4 is 25.2 Å². The summed E-state index contributed by atoms with van der Waals surface area (Å²) in [6.07, 6.45) is 1.57. The number of oxazole rings is 1. The Morgan fingerprint density at radius 1 is 1.02 bits per heavy atom. The maximum Gasteiger partial charge on any atom is 0.270 e. The predicted molar refractivity (Wildman–Crippen MR) is 157 cm³/mol. The first-order chi connectivity index (χ1) is 20.5. The van der Waals surface area contributed by atoms with Crippen LogP contribution in [0.4, 0.5) is 5.95 Å². The molecule has 2 aromatic heterocycles. The van der Waals surface area contributed by atoms with Crippen molar-refractivity contribution < 1.29 is 18.6 Å². The van der Waals surface area contributed by atoms with Gasteiger partial charge in [0, 0.05) is 5.56 Å². The van der Waals surface area contributed by atoms with Crippen LogP contribution in [-0.4, -0.2) is 35.4 Å². The first-order valence-corrected chi connectivity index (χ1v) is 12.8. The van der Waals surface area contributed by atoms with Crippen molar-refractivity contribution in [2.24, 2.45) is 5.10 Å². The van der Waals surface area contributed by atoms with E-state index in [1.807, 2.05) is 43.3 Å². The molecule has 0 aliphatic carbocycles. The summed E-state index contributed by atoms with van der Waals surface area (Å²) in [7, 11) is 3.18. The predicted octanol–water partition coefficient (Wildman–Crippen LogP) is 5.31. The third-order valence-electron chi connectivity index (χ3n) is 6.25. The molecular formula is C31H26N6O5. The van der Waals surface area contributed by atoms with Crippen molar-refractivity contribution in [3.8, 4) is 46.0 Å². The molecule has 2 N–H and O–H groups in total. The Kier molecular flexibility index (Phi) is 8.25. The van der Waals surface area contributed by atoms with Gasteiger partial charge >= 0.3 is 0 Å². The molecule has 0 amide bonds. The molecule has 0 fully saturated rings. The van der Waals surface area contributed by atoms with Gasteiger partial charge < -0.3 is 18.6 Å². The van der Waals surface area contributed by atoms with Crippen molar-refractivity contribution in [3.63, 3.8) is 0 Å². The molecule has 11 heteroatoms. The summed E-state index contributed by atoms with van der Waals surface area (Å²) in [6.45, 7) is 2.03. The van der Waals surface area contributed by atoms with E-state index in [1.165, 1.54) is 0 Å². The maximum absolute atomic E-state index is 12.4. The highest BCUT2D eigenvalue weighted by Gasteiger charge is 2.17. The van der Waals surface area contributed by atoms with Crippen LogP contribution in [0.25, 0.3) is 22.7 Å².